The molecule has 2 atom stereocenters. The van der Waals surface area contributed by atoms with Crippen LogP contribution in [0.25, 0.3) is 0 Å². The molecule has 0 unspecified atom stereocenters. The number of halogens is 2. The van der Waals surface area contributed by atoms with Gasteiger partial charge in [0.15, 0.2) is 0 Å². The molecule has 1 N–H and O–H groups in total. The lowest BCUT2D eigenvalue weighted by Gasteiger charge is -2.32. The highest BCUT2D eigenvalue weighted by molar-refractivity contribution is 6.33. The van der Waals surface area contributed by atoms with Crippen molar-refractivity contribution in [2.75, 3.05) is 13.2 Å². The second-order valence-corrected chi connectivity index (χ2v) is 6.27. The molecule has 26 heavy (non-hydrogen) atoms. The number of ether oxygens (including phenoxy) is 2. The number of hydrogen-bond acceptors (Lipinski definition) is 4. The highest BCUT2D eigenvalue weighted by Gasteiger charge is 2.29. The van der Waals surface area contributed by atoms with Gasteiger partial charge in [-0.1, -0.05) is 11.6 Å². The van der Waals surface area contributed by atoms with Crippen molar-refractivity contribution in [1.29, 1.82) is 5.26 Å². The normalized spacial score (nSPS) is 19.4. The summed E-state index contributed by atoms with van der Waals surface area (Å²) in [4.78, 5) is 12.5. The molecule has 7 heteroatoms. The Kier molecular flexibility index (Phi) is 5.71. The molecule has 1 saturated heterocycles. The van der Waals surface area contributed by atoms with Gasteiger partial charge in [0.1, 0.15) is 17.7 Å². The smallest absolute Gasteiger partial charge is 0.253 e. The molecule has 134 valence electrons. The number of nitrogens with zero attached hydrogens (tertiary/aromatic N) is 1. The van der Waals surface area contributed by atoms with Crippen molar-refractivity contribution in [2.24, 2.45) is 0 Å². The van der Waals surface area contributed by atoms with E-state index in [0.29, 0.717) is 24.3 Å². The molecule has 1 fully saturated rings. The van der Waals surface area contributed by atoms with Gasteiger partial charge in [-0.25, -0.2) is 4.39 Å². The summed E-state index contributed by atoms with van der Waals surface area (Å²) in [7, 11) is 0. The van der Waals surface area contributed by atoms with Gasteiger partial charge in [-0.15, -0.1) is 0 Å². The highest BCUT2D eigenvalue weighted by Crippen LogP contribution is 2.21. The van der Waals surface area contributed by atoms with Crippen LogP contribution >= 0.6 is 11.6 Å². The molecule has 0 saturated carbocycles. The number of nitrogens with one attached hydrogen (secondary N) is 1. The lowest BCUT2D eigenvalue weighted by Crippen LogP contribution is -2.51. The van der Waals surface area contributed by atoms with E-state index in [9.17, 15) is 9.18 Å². The third kappa shape index (κ3) is 4.31. The topological polar surface area (TPSA) is 71.3 Å². The fourth-order valence-electron chi connectivity index (χ4n) is 2.69. The third-order valence-electron chi connectivity index (χ3n) is 4.05. The van der Waals surface area contributed by atoms with Crippen molar-refractivity contribution >= 4 is 17.5 Å². The van der Waals surface area contributed by atoms with Gasteiger partial charge < -0.3 is 14.8 Å². The monoisotopic (exact) mass is 374 g/mol. The summed E-state index contributed by atoms with van der Waals surface area (Å²) in [6, 6.07) is 12.0. The molecular formula is C19H16ClFN2O3. The van der Waals surface area contributed by atoms with E-state index in [4.69, 9.17) is 26.3 Å². The van der Waals surface area contributed by atoms with Gasteiger partial charge in [0.05, 0.1) is 41.5 Å². The predicted octanol–water partition coefficient (Wildman–Crippen LogP) is 3.32. The van der Waals surface area contributed by atoms with Gasteiger partial charge in [0, 0.05) is 6.42 Å². The first-order valence-corrected chi connectivity index (χ1v) is 8.45. The molecule has 2 aromatic rings. The van der Waals surface area contributed by atoms with Gasteiger partial charge in [0.2, 0.25) is 0 Å². The summed E-state index contributed by atoms with van der Waals surface area (Å²) in [6.45, 7) is 0.785. The van der Waals surface area contributed by atoms with Crippen LogP contribution < -0.4 is 10.1 Å². The molecule has 1 amide bonds. The second-order valence-electron chi connectivity index (χ2n) is 5.86. The number of benzene rings is 2. The van der Waals surface area contributed by atoms with Crippen LogP contribution in [0.5, 0.6) is 5.75 Å². The van der Waals surface area contributed by atoms with Crippen molar-refractivity contribution in [3.63, 3.8) is 0 Å². The Morgan fingerprint density at radius 3 is 2.81 bits per heavy atom. The molecule has 1 aliphatic rings. The van der Waals surface area contributed by atoms with E-state index in [2.05, 4.69) is 5.32 Å². The Balaban J connectivity index is 1.71. The highest BCUT2D eigenvalue weighted by atomic mass is 35.5. The van der Waals surface area contributed by atoms with Crippen LogP contribution in [0.1, 0.15) is 22.3 Å². The quantitative estimate of drug-likeness (QED) is 0.891. The SMILES string of the molecule is N#Cc1ccc(O[C@@H]2CCOC[C@H]2NC(=O)c2cc(F)ccc2Cl)cc1. The molecule has 2 aromatic carbocycles. The van der Waals surface area contributed by atoms with Crippen LogP contribution in [0.4, 0.5) is 4.39 Å². The van der Waals surface area contributed by atoms with Crippen molar-refractivity contribution in [3.8, 4) is 11.8 Å². The zero-order chi connectivity index (χ0) is 18.5. The van der Waals surface area contributed by atoms with E-state index in [1.54, 1.807) is 24.3 Å². The zero-order valence-corrected chi connectivity index (χ0v) is 14.5. The third-order valence-corrected chi connectivity index (χ3v) is 4.38. The summed E-state index contributed by atoms with van der Waals surface area (Å²) >= 11 is 5.99. The van der Waals surface area contributed by atoms with Crippen LogP contribution in [-0.4, -0.2) is 31.3 Å². The Morgan fingerprint density at radius 1 is 1.31 bits per heavy atom. The van der Waals surface area contributed by atoms with E-state index in [1.807, 2.05) is 6.07 Å². The average molecular weight is 375 g/mol. The fourth-order valence-corrected chi connectivity index (χ4v) is 2.90. The molecule has 3 rings (SSSR count). The molecule has 1 heterocycles. The maximum atomic E-state index is 13.4. The minimum absolute atomic E-state index is 0.0642. The van der Waals surface area contributed by atoms with Crippen LogP contribution in [0.15, 0.2) is 42.5 Å². The molecule has 0 aromatic heterocycles. The van der Waals surface area contributed by atoms with E-state index in [-0.39, 0.29) is 23.3 Å². The van der Waals surface area contributed by atoms with E-state index < -0.39 is 17.8 Å². The molecule has 1 aliphatic heterocycles. The largest absolute Gasteiger partial charge is 0.488 e. The first kappa shape index (κ1) is 18.2. The first-order valence-electron chi connectivity index (χ1n) is 8.07. The molecule has 0 radical (unpaired) electrons. The molecule has 0 spiro atoms. The standard InChI is InChI=1S/C19H16ClFN2O3/c20-16-6-3-13(21)9-15(16)19(24)23-17-11-25-8-7-18(17)26-14-4-1-12(10-22)2-5-14/h1-6,9,17-18H,7-8,11H2,(H,23,24)/t17-,18-/m1/s1. The number of carbonyl (C=O) groups excluding carboxylic acids is 1. The Bertz CT molecular complexity index is 836. The van der Waals surface area contributed by atoms with Crippen molar-refractivity contribution < 1.29 is 18.7 Å². The molecule has 0 aliphatic carbocycles. The van der Waals surface area contributed by atoms with Gasteiger partial charge in [-0.3, -0.25) is 4.79 Å². The fraction of sp³-hybridized carbons (Fsp3) is 0.263. The maximum Gasteiger partial charge on any atom is 0.253 e. The zero-order valence-electron chi connectivity index (χ0n) is 13.7. The van der Waals surface area contributed by atoms with Crippen LogP contribution in [0.2, 0.25) is 5.02 Å². The molecule has 5 nitrogen and oxygen atoms in total. The van der Waals surface area contributed by atoms with Crippen LogP contribution in [-0.2, 0) is 4.74 Å². The van der Waals surface area contributed by atoms with Crippen LogP contribution in [0, 0.1) is 17.1 Å². The van der Waals surface area contributed by atoms with Crippen molar-refractivity contribution in [2.45, 2.75) is 18.6 Å². The maximum absolute atomic E-state index is 13.4. The summed E-state index contributed by atoms with van der Waals surface area (Å²) in [5.41, 5.74) is 0.601. The molecule has 0 bridgehead atoms. The van der Waals surface area contributed by atoms with E-state index >= 15 is 0 Å². The number of hydrogen-bond donors (Lipinski definition) is 1. The number of nitriles is 1. The lowest BCUT2D eigenvalue weighted by molar-refractivity contribution is -0.00288. The number of amides is 1. The number of rotatable bonds is 4. The Morgan fingerprint density at radius 2 is 2.08 bits per heavy atom. The van der Waals surface area contributed by atoms with Gasteiger partial charge in [-0.05, 0) is 42.5 Å². The summed E-state index contributed by atoms with van der Waals surface area (Å²) < 4.78 is 24.8. The summed E-state index contributed by atoms with van der Waals surface area (Å²) in [6.07, 6.45) is 0.273. The van der Waals surface area contributed by atoms with E-state index in [0.717, 1.165) is 6.07 Å². The van der Waals surface area contributed by atoms with Crippen molar-refractivity contribution in [3.05, 3.63) is 64.4 Å². The summed E-state index contributed by atoms with van der Waals surface area (Å²) in [5, 5.41) is 11.8. The molecular weight excluding hydrogens is 359 g/mol. The Labute approximate surface area is 155 Å². The predicted molar refractivity (Wildman–Crippen MR) is 93.7 cm³/mol. The van der Waals surface area contributed by atoms with E-state index in [1.165, 1.54) is 12.1 Å². The minimum Gasteiger partial charge on any atom is -0.488 e. The van der Waals surface area contributed by atoms with Gasteiger partial charge in [0.25, 0.3) is 5.91 Å². The first-order chi connectivity index (χ1) is 12.6. The Hall–Kier alpha value is -2.62. The van der Waals surface area contributed by atoms with Crippen molar-refractivity contribution in [1.82, 2.24) is 5.32 Å². The minimum atomic E-state index is -0.537. The number of carbonyl (C=O) groups is 1. The van der Waals surface area contributed by atoms with Crippen LogP contribution in [0.3, 0.4) is 0 Å². The summed E-state index contributed by atoms with van der Waals surface area (Å²) in [5.74, 6) is -0.429. The second kappa shape index (κ2) is 8.17. The van der Waals surface area contributed by atoms with Gasteiger partial charge >= 0.3 is 0 Å². The lowest BCUT2D eigenvalue weighted by atomic mass is 10.1. The average Bonchev–Trinajstić information content (AvgIpc) is 2.66. The van der Waals surface area contributed by atoms with Gasteiger partial charge in [-0.2, -0.15) is 5.26 Å².